The Bertz CT molecular complexity index is 361. The van der Waals surface area contributed by atoms with Crippen LogP contribution in [0.1, 0.15) is 17.4 Å². The normalized spacial score (nSPS) is 8.69. The van der Waals surface area contributed by atoms with E-state index in [-0.39, 0.29) is 18.1 Å². The molecule has 0 spiro atoms. The molecular weight excluding hydrogens is 174 g/mol. The number of hydrogen-bond donors (Lipinski definition) is 1. The Morgan fingerprint density at radius 3 is 3.00 bits per heavy atom. The summed E-state index contributed by atoms with van der Waals surface area (Å²) in [7, 11) is 0. The van der Waals surface area contributed by atoms with Crippen molar-refractivity contribution >= 4 is 11.8 Å². The molecule has 1 aromatic heterocycles. The maximum Gasteiger partial charge on any atom is 0.365 e. The summed E-state index contributed by atoms with van der Waals surface area (Å²) in [5, 5.41) is 6.48. The first kappa shape index (κ1) is 9.06. The molecule has 0 saturated carbocycles. The van der Waals surface area contributed by atoms with Crippen LogP contribution in [-0.4, -0.2) is 22.9 Å². The van der Waals surface area contributed by atoms with Crippen LogP contribution < -0.4 is 5.73 Å². The Balaban J connectivity index is 2.57. The van der Waals surface area contributed by atoms with E-state index in [4.69, 9.17) is 5.73 Å². The first-order chi connectivity index (χ1) is 6.25. The Hall–Kier alpha value is -2.03. The average Bonchev–Trinajstić information content (AvgIpc) is 2.52. The number of carbonyl (C=O) groups excluding carboxylic acids is 1. The van der Waals surface area contributed by atoms with Gasteiger partial charge in [-0.15, -0.1) is 5.92 Å². The molecule has 0 saturated heterocycles. The third-order valence-electron chi connectivity index (χ3n) is 1.16. The molecular formula is C7H7N3O3. The zero-order chi connectivity index (χ0) is 9.68. The summed E-state index contributed by atoms with van der Waals surface area (Å²) in [6.45, 7) is 1.64. The van der Waals surface area contributed by atoms with Crippen LogP contribution >= 0.6 is 0 Å². The second-order valence-corrected chi connectivity index (χ2v) is 2.00. The number of aromatic nitrogens is 2. The molecule has 6 heteroatoms. The fourth-order valence-corrected chi connectivity index (χ4v) is 0.579. The number of nitrogen functional groups attached to an aromatic ring is 1. The summed E-state index contributed by atoms with van der Waals surface area (Å²) in [6, 6.07) is 0. The van der Waals surface area contributed by atoms with Crippen molar-refractivity contribution in [2.24, 2.45) is 0 Å². The number of nitrogens with zero attached hydrogens (tertiary/aromatic N) is 2. The number of rotatable bonds is 2. The summed E-state index contributed by atoms with van der Waals surface area (Å²) >= 11 is 0. The molecule has 0 aliphatic heterocycles. The highest BCUT2D eigenvalue weighted by Gasteiger charge is 2.16. The van der Waals surface area contributed by atoms with Gasteiger partial charge >= 0.3 is 5.97 Å². The van der Waals surface area contributed by atoms with Gasteiger partial charge in [0.1, 0.15) is 0 Å². The number of carbonyl (C=O) groups is 1. The quantitative estimate of drug-likeness (QED) is 0.503. The Morgan fingerprint density at radius 2 is 2.46 bits per heavy atom. The van der Waals surface area contributed by atoms with Crippen molar-refractivity contribution in [3.05, 3.63) is 5.69 Å². The molecule has 0 aliphatic rings. The molecule has 68 valence electrons. The van der Waals surface area contributed by atoms with Crippen LogP contribution in [0.2, 0.25) is 0 Å². The van der Waals surface area contributed by atoms with Crippen molar-refractivity contribution in [3.8, 4) is 11.8 Å². The van der Waals surface area contributed by atoms with E-state index in [2.05, 4.69) is 31.5 Å². The molecule has 0 aliphatic carbocycles. The van der Waals surface area contributed by atoms with Crippen molar-refractivity contribution in [3.63, 3.8) is 0 Å². The topological polar surface area (TPSA) is 91.2 Å². The van der Waals surface area contributed by atoms with Crippen LogP contribution in [0.4, 0.5) is 5.82 Å². The first-order valence-corrected chi connectivity index (χ1v) is 3.40. The van der Waals surface area contributed by atoms with Gasteiger partial charge in [-0.25, -0.2) is 9.42 Å². The molecule has 1 rings (SSSR count). The van der Waals surface area contributed by atoms with Crippen molar-refractivity contribution in [1.29, 1.82) is 0 Å². The summed E-state index contributed by atoms with van der Waals surface area (Å²) < 4.78 is 8.86. The van der Waals surface area contributed by atoms with Gasteiger partial charge < -0.3 is 10.5 Å². The lowest BCUT2D eigenvalue weighted by molar-refractivity contribution is 0.0545. The number of nitrogens with two attached hydrogens (primary N) is 1. The maximum absolute atomic E-state index is 11.1. The van der Waals surface area contributed by atoms with E-state index in [9.17, 15) is 4.79 Å². The summed E-state index contributed by atoms with van der Waals surface area (Å²) in [5.74, 6) is 4.33. The van der Waals surface area contributed by atoms with Gasteiger partial charge in [-0.3, -0.25) is 0 Å². The van der Waals surface area contributed by atoms with Crippen LogP contribution in [-0.2, 0) is 4.74 Å². The number of anilines is 1. The third kappa shape index (κ3) is 2.20. The van der Waals surface area contributed by atoms with E-state index in [1.165, 1.54) is 0 Å². The standard InChI is InChI=1S/C7H7N3O3/c1-2-3-4-12-7(11)5-6(8)10-13-9-5/h4H2,1H3,(H2,8,10). The largest absolute Gasteiger partial charge is 0.448 e. The van der Waals surface area contributed by atoms with Crippen molar-refractivity contribution < 1.29 is 14.2 Å². The van der Waals surface area contributed by atoms with E-state index in [1.54, 1.807) is 6.92 Å². The average molecular weight is 181 g/mol. The van der Waals surface area contributed by atoms with Gasteiger partial charge in [0, 0.05) is 0 Å². The molecule has 0 bridgehead atoms. The second-order valence-electron chi connectivity index (χ2n) is 2.00. The minimum absolute atomic E-state index is 0.00162. The first-order valence-electron chi connectivity index (χ1n) is 3.40. The van der Waals surface area contributed by atoms with Gasteiger partial charge in [-0.05, 0) is 17.2 Å². The molecule has 0 fully saturated rings. The van der Waals surface area contributed by atoms with Crippen LogP contribution in [0, 0.1) is 11.8 Å². The highest BCUT2D eigenvalue weighted by molar-refractivity contribution is 5.91. The zero-order valence-electron chi connectivity index (χ0n) is 6.90. The lowest BCUT2D eigenvalue weighted by atomic mass is 10.4. The van der Waals surface area contributed by atoms with Crippen molar-refractivity contribution in [2.45, 2.75) is 6.92 Å². The number of esters is 1. The molecule has 0 amide bonds. The molecule has 1 aromatic rings. The fourth-order valence-electron chi connectivity index (χ4n) is 0.579. The highest BCUT2D eigenvalue weighted by atomic mass is 16.6. The van der Waals surface area contributed by atoms with Gasteiger partial charge in [0.05, 0.1) is 0 Å². The SMILES string of the molecule is CC#CCOC(=O)c1nonc1N. The van der Waals surface area contributed by atoms with Gasteiger partial charge in [-0.1, -0.05) is 5.92 Å². The predicted molar refractivity (Wildman–Crippen MR) is 42.4 cm³/mol. The predicted octanol–water partition coefficient (Wildman–Crippen LogP) is -0.168. The number of ether oxygens (including phenoxy) is 1. The third-order valence-corrected chi connectivity index (χ3v) is 1.16. The molecule has 0 aromatic carbocycles. The van der Waals surface area contributed by atoms with Crippen molar-refractivity contribution in [2.75, 3.05) is 12.3 Å². The van der Waals surface area contributed by atoms with Crippen LogP contribution in [0.15, 0.2) is 4.63 Å². The minimum Gasteiger partial charge on any atom is -0.448 e. The van der Waals surface area contributed by atoms with E-state index in [1.807, 2.05) is 0 Å². The number of hydrogen-bond acceptors (Lipinski definition) is 6. The lowest BCUT2D eigenvalue weighted by Crippen LogP contribution is -2.08. The van der Waals surface area contributed by atoms with Crippen LogP contribution in [0.25, 0.3) is 0 Å². The van der Waals surface area contributed by atoms with E-state index < -0.39 is 5.97 Å². The maximum atomic E-state index is 11.1. The van der Waals surface area contributed by atoms with E-state index in [0.717, 1.165) is 0 Å². The smallest absolute Gasteiger partial charge is 0.365 e. The van der Waals surface area contributed by atoms with Gasteiger partial charge in [0.15, 0.2) is 6.61 Å². The van der Waals surface area contributed by atoms with Crippen LogP contribution in [0.5, 0.6) is 0 Å². The molecule has 0 atom stereocenters. The molecule has 0 radical (unpaired) electrons. The molecule has 0 unspecified atom stereocenters. The van der Waals surface area contributed by atoms with Crippen LogP contribution in [0.3, 0.4) is 0 Å². The molecule has 2 N–H and O–H groups in total. The van der Waals surface area contributed by atoms with Gasteiger partial charge in [0.25, 0.3) is 0 Å². The lowest BCUT2D eigenvalue weighted by Gasteiger charge is -1.94. The van der Waals surface area contributed by atoms with Crippen molar-refractivity contribution in [1.82, 2.24) is 10.3 Å². The van der Waals surface area contributed by atoms with Gasteiger partial charge in [0.2, 0.25) is 11.5 Å². The molecule has 6 nitrogen and oxygen atoms in total. The Morgan fingerprint density at radius 1 is 1.69 bits per heavy atom. The molecule has 13 heavy (non-hydrogen) atoms. The Labute approximate surface area is 74.0 Å². The summed E-state index contributed by atoms with van der Waals surface area (Å²) in [5.41, 5.74) is 5.11. The fraction of sp³-hybridized carbons (Fsp3) is 0.286. The monoisotopic (exact) mass is 181 g/mol. The Kier molecular flexibility index (Phi) is 2.87. The highest BCUT2D eigenvalue weighted by Crippen LogP contribution is 2.04. The molecule has 1 heterocycles. The zero-order valence-corrected chi connectivity index (χ0v) is 6.90. The summed E-state index contributed by atoms with van der Waals surface area (Å²) in [4.78, 5) is 11.1. The van der Waals surface area contributed by atoms with Gasteiger partial charge in [-0.2, -0.15) is 0 Å². The van der Waals surface area contributed by atoms with E-state index >= 15 is 0 Å². The minimum atomic E-state index is -0.693. The summed E-state index contributed by atoms with van der Waals surface area (Å²) in [6.07, 6.45) is 0. The second kappa shape index (κ2) is 4.11. The van der Waals surface area contributed by atoms with E-state index in [0.29, 0.717) is 0 Å².